The number of hydrogen-bond donors (Lipinski definition) is 0. The van der Waals surface area contributed by atoms with E-state index in [2.05, 4.69) is 0 Å². The van der Waals surface area contributed by atoms with Gasteiger partial charge in [0.05, 0.1) is 12.2 Å². The number of anilines is 1. The predicted molar refractivity (Wildman–Crippen MR) is 72.4 cm³/mol. The molecule has 0 spiro atoms. The normalized spacial score (nSPS) is 15.6. The van der Waals surface area contributed by atoms with Gasteiger partial charge in [-0.2, -0.15) is 0 Å². The van der Waals surface area contributed by atoms with Gasteiger partial charge >= 0.3 is 12.0 Å². The maximum atomic E-state index is 12.0. The average Bonchev–Trinajstić information content (AvgIpc) is 2.42. The molecule has 1 aliphatic rings. The molecule has 0 bridgehead atoms. The van der Waals surface area contributed by atoms with Crippen LogP contribution in [0.15, 0.2) is 24.3 Å². The van der Waals surface area contributed by atoms with Crippen molar-refractivity contribution in [1.82, 2.24) is 4.90 Å². The number of carbonyl (C=O) groups excluding carboxylic acids is 2. The second-order valence-corrected chi connectivity index (χ2v) is 4.48. The van der Waals surface area contributed by atoms with E-state index in [1.165, 1.54) is 0 Å². The molecule has 0 aromatic heterocycles. The molecule has 0 saturated carbocycles. The molecule has 0 unspecified atom stereocenters. The van der Waals surface area contributed by atoms with E-state index in [-0.39, 0.29) is 12.0 Å². The zero-order valence-corrected chi connectivity index (χ0v) is 11.3. The molecular weight excluding hydrogens is 244 g/mol. The van der Waals surface area contributed by atoms with E-state index in [0.717, 1.165) is 18.7 Å². The first-order valence-electron chi connectivity index (χ1n) is 6.43. The highest BCUT2D eigenvalue weighted by Crippen LogP contribution is 2.20. The highest BCUT2D eigenvalue weighted by Gasteiger charge is 2.23. The molecule has 0 radical (unpaired) electrons. The summed E-state index contributed by atoms with van der Waals surface area (Å²) in [4.78, 5) is 27.0. The van der Waals surface area contributed by atoms with E-state index in [0.29, 0.717) is 18.7 Å². The van der Waals surface area contributed by atoms with E-state index < -0.39 is 0 Å². The number of benzene rings is 1. The molecule has 5 nitrogen and oxygen atoms in total. The largest absolute Gasteiger partial charge is 0.462 e. The molecule has 1 aromatic rings. The van der Waals surface area contributed by atoms with Gasteiger partial charge in [0, 0.05) is 25.8 Å². The van der Waals surface area contributed by atoms with Crippen LogP contribution in [0.25, 0.3) is 0 Å². The Morgan fingerprint density at radius 3 is 2.58 bits per heavy atom. The van der Waals surface area contributed by atoms with Crippen molar-refractivity contribution >= 4 is 17.7 Å². The van der Waals surface area contributed by atoms with Crippen LogP contribution in [0, 0.1) is 0 Å². The number of carbonyl (C=O) groups is 2. The molecule has 0 aliphatic carbocycles. The Labute approximate surface area is 112 Å². The van der Waals surface area contributed by atoms with Gasteiger partial charge in [0.25, 0.3) is 0 Å². The lowest BCUT2D eigenvalue weighted by Gasteiger charge is -2.33. The smallest absolute Gasteiger partial charge is 0.338 e. The summed E-state index contributed by atoms with van der Waals surface area (Å²) in [6.45, 7) is 3.63. The highest BCUT2D eigenvalue weighted by atomic mass is 16.5. The zero-order valence-electron chi connectivity index (χ0n) is 11.3. The Morgan fingerprint density at radius 1 is 1.26 bits per heavy atom. The fourth-order valence-electron chi connectivity index (χ4n) is 2.09. The quantitative estimate of drug-likeness (QED) is 0.784. The van der Waals surface area contributed by atoms with Gasteiger partial charge < -0.3 is 9.64 Å². The van der Waals surface area contributed by atoms with Crippen molar-refractivity contribution in [2.45, 2.75) is 13.3 Å². The Bertz CT molecular complexity index is 470. The van der Waals surface area contributed by atoms with Gasteiger partial charge in [-0.15, -0.1) is 0 Å². The first-order chi connectivity index (χ1) is 9.13. The number of urea groups is 1. The van der Waals surface area contributed by atoms with Crippen LogP contribution in [0.2, 0.25) is 0 Å². The summed E-state index contributed by atoms with van der Waals surface area (Å²) >= 11 is 0. The minimum Gasteiger partial charge on any atom is -0.462 e. The minimum absolute atomic E-state index is 0.00450. The molecule has 102 valence electrons. The average molecular weight is 262 g/mol. The van der Waals surface area contributed by atoms with Crippen LogP contribution < -0.4 is 4.90 Å². The van der Waals surface area contributed by atoms with Crippen molar-refractivity contribution in [3.63, 3.8) is 0 Å². The van der Waals surface area contributed by atoms with Crippen molar-refractivity contribution in [2.75, 3.05) is 31.6 Å². The number of nitrogens with zero attached hydrogens (tertiary/aromatic N) is 2. The Balaban J connectivity index is 2.14. The first-order valence-corrected chi connectivity index (χ1v) is 6.43. The molecule has 1 fully saturated rings. The summed E-state index contributed by atoms with van der Waals surface area (Å²) in [7, 11) is 1.79. The van der Waals surface area contributed by atoms with Gasteiger partial charge in [0.2, 0.25) is 0 Å². The third kappa shape index (κ3) is 2.86. The number of ether oxygens (including phenoxy) is 1. The number of rotatable bonds is 3. The fourth-order valence-corrected chi connectivity index (χ4v) is 2.09. The fraction of sp³-hybridized carbons (Fsp3) is 0.429. The monoisotopic (exact) mass is 262 g/mol. The van der Waals surface area contributed by atoms with Crippen LogP contribution in [0.1, 0.15) is 23.7 Å². The Kier molecular flexibility index (Phi) is 4.04. The van der Waals surface area contributed by atoms with Gasteiger partial charge in [0.1, 0.15) is 0 Å². The first kappa shape index (κ1) is 13.4. The van der Waals surface area contributed by atoms with Gasteiger partial charge in [-0.25, -0.2) is 9.59 Å². The van der Waals surface area contributed by atoms with E-state index in [1.807, 2.05) is 0 Å². The maximum Gasteiger partial charge on any atom is 0.338 e. The molecule has 5 heteroatoms. The van der Waals surface area contributed by atoms with Crippen LogP contribution in [0.5, 0.6) is 0 Å². The van der Waals surface area contributed by atoms with Gasteiger partial charge in [-0.05, 0) is 37.6 Å². The van der Waals surface area contributed by atoms with E-state index in [9.17, 15) is 9.59 Å². The summed E-state index contributed by atoms with van der Waals surface area (Å²) in [6, 6.07) is 6.94. The van der Waals surface area contributed by atoms with Crippen LogP contribution >= 0.6 is 0 Å². The summed E-state index contributed by atoms with van der Waals surface area (Å²) < 4.78 is 4.92. The number of amides is 2. The SMILES string of the molecule is CCOC(=O)c1ccc(N2CCCN(C)C2=O)cc1. The Morgan fingerprint density at radius 2 is 1.95 bits per heavy atom. The van der Waals surface area contributed by atoms with Crippen molar-refractivity contribution < 1.29 is 14.3 Å². The molecule has 1 heterocycles. The number of esters is 1. The molecule has 19 heavy (non-hydrogen) atoms. The lowest BCUT2D eigenvalue weighted by atomic mass is 10.2. The van der Waals surface area contributed by atoms with Crippen LogP contribution in [0.3, 0.4) is 0 Å². The summed E-state index contributed by atoms with van der Waals surface area (Å²) in [5, 5.41) is 0. The molecule has 0 atom stereocenters. The number of hydrogen-bond acceptors (Lipinski definition) is 3. The van der Waals surface area contributed by atoms with Crippen molar-refractivity contribution in [1.29, 1.82) is 0 Å². The third-order valence-corrected chi connectivity index (χ3v) is 3.12. The predicted octanol–water partition coefficient (Wildman–Crippen LogP) is 2.13. The lowest BCUT2D eigenvalue weighted by Crippen LogP contribution is -2.47. The molecule has 1 saturated heterocycles. The van der Waals surface area contributed by atoms with Crippen LogP contribution in [-0.4, -0.2) is 43.6 Å². The van der Waals surface area contributed by atoms with Crippen molar-refractivity contribution in [3.05, 3.63) is 29.8 Å². The van der Waals surface area contributed by atoms with E-state index >= 15 is 0 Å². The van der Waals surface area contributed by atoms with E-state index in [1.54, 1.807) is 48.0 Å². The summed E-state index contributed by atoms with van der Waals surface area (Å²) in [5.41, 5.74) is 1.31. The molecule has 2 rings (SSSR count). The lowest BCUT2D eigenvalue weighted by molar-refractivity contribution is 0.0526. The second-order valence-electron chi connectivity index (χ2n) is 4.48. The van der Waals surface area contributed by atoms with Gasteiger partial charge in [-0.1, -0.05) is 0 Å². The van der Waals surface area contributed by atoms with E-state index in [4.69, 9.17) is 4.74 Å². The highest BCUT2D eigenvalue weighted by molar-refractivity contribution is 5.94. The molecule has 1 aromatic carbocycles. The Hall–Kier alpha value is -2.04. The van der Waals surface area contributed by atoms with Gasteiger partial charge in [0.15, 0.2) is 0 Å². The second kappa shape index (κ2) is 5.73. The van der Waals surface area contributed by atoms with Gasteiger partial charge in [-0.3, -0.25) is 4.90 Å². The van der Waals surface area contributed by atoms with Crippen LogP contribution in [0.4, 0.5) is 10.5 Å². The molecule has 0 N–H and O–H groups in total. The molecular formula is C14H18N2O3. The molecule has 2 amide bonds. The topological polar surface area (TPSA) is 49.9 Å². The van der Waals surface area contributed by atoms with Crippen molar-refractivity contribution in [2.24, 2.45) is 0 Å². The third-order valence-electron chi connectivity index (χ3n) is 3.12. The summed E-state index contributed by atoms with van der Waals surface area (Å²) in [5.74, 6) is -0.337. The summed E-state index contributed by atoms with van der Waals surface area (Å²) in [6.07, 6.45) is 0.946. The standard InChI is InChI=1S/C14H18N2O3/c1-3-19-13(17)11-5-7-12(8-6-11)16-10-4-9-15(2)14(16)18/h5-8H,3-4,9-10H2,1-2H3. The molecule has 1 aliphatic heterocycles. The zero-order chi connectivity index (χ0) is 13.8. The van der Waals surface area contributed by atoms with Crippen molar-refractivity contribution in [3.8, 4) is 0 Å². The maximum absolute atomic E-state index is 12.0. The van der Waals surface area contributed by atoms with Crippen LogP contribution in [-0.2, 0) is 4.74 Å². The minimum atomic E-state index is -0.337.